The summed E-state index contributed by atoms with van der Waals surface area (Å²) in [6.07, 6.45) is 1.72. The van der Waals surface area contributed by atoms with Gasteiger partial charge in [-0.25, -0.2) is 13.1 Å². The van der Waals surface area contributed by atoms with Crippen LogP contribution in [0.5, 0.6) is 0 Å². The maximum absolute atomic E-state index is 11.4. The Balaban J connectivity index is 2.89. The zero-order valence-electron chi connectivity index (χ0n) is 10.2. The van der Waals surface area contributed by atoms with Crippen LogP contribution in [0.4, 0.5) is 0 Å². The van der Waals surface area contributed by atoms with Gasteiger partial charge in [-0.2, -0.15) is 5.10 Å². The molecule has 1 rings (SSSR count). The normalized spacial score (nSPS) is 14.0. The molecule has 0 bridgehead atoms. The summed E-state index contributed by atoms with van der Waals surface area (Å²) in [5, 5.41) is 4.19. The van der Waals surface area contributed by atoms with Gasteiger partial charge in [-0.3, -0.25) is 4.68 Å². The smallest absolute Gasteiger partial charge is 0.211 e. The quantitative estimate of drug-likeness (QED) is 0.848. The molecular weight excluding hydrogens is 226 g/mol. The maximum Gasteiger partial charge on any atom is 0.211 e. The van der Waals surface area contributed by atoms with Crippen LogP contribution in [-0.2, 0) is 16.6 Å². The highest BCUT2D eigenvalue weighted by atomic mass is 32.2. The molecule has 0 aliphatic heterocycles. The molecule has 0 aliphatic rings. The van der Waals surface area contributed by atoms with Gasteiger partial charge in [0.2, 0.25) is 10.0 Å². The molecule has 0 spiro atoms. The molecule has 0 fully saturated rings. The van der Waals surface area contributed by atoms with E-state index < -0.39 is 10.0 Å². The Hall–Kier alpha value is -0.880. The van der Waals surface area contributed by atoms with Crippen molar-refractivity contribution in [3.63, 3.8) is 0 Å². The number of nitrogens with zero attached hydrogens (tertiary/aromatic N) is 2. The van der Waals surface area contributed by atoms with E-state index >= 15 is 0 Å². The molecule has 1 heterocycles. The van der Waals surface area contributed by atoms with Gasteiger partial charge in [0.1, 0.15) is 0 Å². The third-order valence-corrected chi connectivity index (χ3v) is 4.12. The lowest BCUT2D eigenvalue weighted by molar-refractivity contribution is 0.567. The summed E-state index contributed by atoms with van der Waals surface area (Å²) in [6.45, 7) is 8.20. The minimum Gasteiger partial charge on any atom is -0.270 e. The Kier molecular flexibility index (Phi) is 4.09. The highest BCUT2D eigenvalue weighted by molar-refractivity contribution is 7.89. The Bertz CT molecular complexity index is 451. The predicted octanol–water partition coefficient (Wildman–Crippen LogP) is 1.21. The molecule has 0 saturated heterocycles. The molecule has 16 heavy (non-hydrogen) atoms. The standard InChI is InChI=1S/C10H19N3O2S/c1-5-13-9(4)10(7-11-13)8(3)12-16(14,15)6-2/h7-8,12H,5-6H2,1-4H3. The van der Waals surface area contributed by atoms with Gasteiger partial charge in [-0.05, 0) is 27.7 Å². The third kappa shape index (κ3) is 2.82. The number of sulfonamides is 1. The molecule has 0 aromatic carbocycles. The first kappa shape index (κ1) is 13.2. The Morgan fingerprint density at radius 3 is 2.56 bits per heavy atom. The van der Waals surface area contributed by atoms with Gasteiger partial charge < -0.3 is 0 Å². The fraction of sp³-hybridized carbons (Fsp3) is 0.700. The van der Waals surface area contributed by atoms with Gasteiger partial charge in [0.25, 0.3) is 0 Å². The van der Waals surface area contributed by atoms with Gasteiger partial charge in [0, 0.05) is 23.8 Å². The van der Waals surface area contributed by atoms with Crippen LogP contribution in [-0.4, -0.2) is 24.0 Å². The van der Waals surface area contributed by atoms with E-state index in [4.69, 9.17) is 0 Å². The Morgan fingerprint density at radius 2 is 2.12 bits per heavy atom. The second-order valence-corrected chi connectivity index (χ2v) is 5.79. The first-order valence-corrected chi connectivity index (χ1v) is 7.08. The predicted molar refractivity (Wildman–Crippen MR) is 63.6 cm³/mol. The largest absolute Gasteiger partial charge is 0.270 e. The second kappa shape index (κ2) is 4.97. The van der Waals surface area contributed by atoms with E-state index in [9.17, 15) is 8.42 Å². The molecule has 92 valence electrons. The van der Waals surface area contributed by atoms with Crippen molar-refractivity contribution >= 4 is 10.0 Å². The summed E-state index contributed by atoms with van der Waals surface area (Å²) in [7, 11) is -3.17. The van der Waals surface area contributed by atoms with Crippen molar-refractivity contribution in [3.05, 3.63) is 17.5 Å². The molecule has 1 unspecified atom stereocenters. The summed E-state index contributed by atoms with van der Waals surface area (Å²) in [5.74, 6) is 0.0955. The lowest BCUT2D eigenvalue weighted by Gasteiger charge is -2.13. The Labute approximate surface area is 96.9 Å². The van der Waals surface area contributed by atoms with Crippen LogP contribution in [0.2, 0.25) is 0 Å². The topological polar surface area (TPSA) is 64.0 Å². The fourth-order valence-corrected chi connectivity index (χ4v) is 2.45. The van der Waals surface area contributed by atoms with E-state index in [1.165, 1.54) is 0 Å². The van der Waals surface area contributed by atoms with E-state index in [0.29, 0.717) is 0 Å². The first-order chi connectivity index (χ1) is 7.41. The Morgan fingerprint density at radius 1 is 1.50 bits per heavy atom. The average molecular weight is 245 g/mol. The van der Waals surface area contributed by atoms with Gasteiger partial charge in [0.05, 0.1) is 11.9 Å². The number of aryl methyl sites for hydroxylation is 1. The van der Waals surface area contributed by atoms with Crippen molar-refractivity contribution in [2.45, 2.75) is 40.3 Å². The fourth-order valence-electron chi connectivity index (χ4n) is 1.62. The molecule has 1 aromatic heterocycles. The SMILES string of the molecule is CCn1ncc(C(C)NS(=O)(=O)CC)c1C. The number of hydrogen-bond donors (Lipinski definition) is 1. The maximum atomic E-state index is 11.4. The number of rotatable bonds is 5. The average Bonchev–Trinajstić information content (AvgIpc) is 2.59. The number of aromatic nitrogens is 2. The van der Waals surface area contributed by atoms with Crippen LogP contribution >= 0.6 is 0 Å². The van der Waals surface area contributed by atoms with Crippen molar-refractivity contribution in [2.24, 2.45) is 0 Å². The van der Waals surface area contributed by atoms with E-state index in [-0.39, 0.29) is 11.8 Å². The third-order valence-electron chi connectivity index (χ3n) is 2.64. The zero-order chi connectivity index (χ0) is 12.3. The zero-order valence-corrected chi connectivity index (χ0v) is 11.0. The first-order valence-electron chi connectivity index (χ1n) is 5.43. The van der Waals surface area contributed by atoms with E-state index in [1.807, 2.05) is 25.5 Å². The van der Waals surface area contributed by atoms with E-state index in [1.54, 1.807) is 13.1 Å². The molecule has 0 radical (unpaired) electrons. The van der Waals surface area contributed by atoms with Crippen LogP contribution in [0.15, 0.2) is 6.20 Å². The lowest BCUT2D eigenvalue weighted by atomic mass is 10.1. The lowest BCUT2D eigenvalue weighted by Crippen LogP contribution is -2.28. The van der Waals surface area contributed by atoms with Crippen molar-refractivity contribution in [1.82, 2.24) is 14.5 Å². The van der Waals surface area contributed by atoms with E-state index in [0.717, 1.165) is 17.8 Å². The van der Waals surface area contributed by atoms with Gasteiger partial charge in [-0.1, -0.05) is 0 Å². The summed E-state index contributed by atoms with van der Waals surface area (Å²) in [6, 6.07) is -0.231. The summed E-state index contributed by atoms with van der Waals surface area (Å²) in [5.41, 5.74) is 1.94. The molecule has 0 amide bonds. The van der Waals surface area contributed by atoms with Crippen molar-refractivity contribution in [2.75, 3.05) is 5.75 Å². The monoisotopic (exact) mass is 245 g/mol. The van der Waals surface area contributed by atoms with Gasteiger partial charge in [-0.15, -0.1) is 0 Å². The van der Waals surface area contributed by atoms with Gasteiger partial charge in [0.15, 0.2) is 0 Å². The molecule has 5 nitrogen and oxygen atoms in total. The summed E-state index contributed by atoms with van der Waals surface area (Å²) < 4.78 is 27.3. The van der Waals surface area contributed by atoms with Crippen LogP contribution < -0.4 is 4.72 Å². The van der Waals surface area contributed by atoms with Crippen LogP contribution in [0.1, 0.15) is 38.1 Å². The minimum absolute atomic E-state index is 0.0955. The molecule has 0 aliphatic carbocycles. The molecule has 0 saturated carbocycles. The number of hydrogen-bond acceptors (Lipinski definition) is 3. The molecule has 6 heteroatoms. The minimum atomic E-state index is -3.17. The van der Waals surface area contributed by atoms with Crippen molar-refractivity contribution < 1.29 is 8.42 Å². The summed E-state index contributed by atoms with van der Waals surface area (Å²) in [4.78, 5) is 0. The van der Waals surface area contributed by atoms with Crippen LogP contribution in [0, 0.1) is 6.92 Å². The molecule has 1 N–H and O–H groups in total. The van der Waals surface area contributed by atoms with Gasteiger partial charge >= 0.3 is 0 Å². The van der Waals surface area contributed by atoms with Crippen LogP contribution in [0.25, 0.3) is 0 Å². The van der Waals surface area contributed by atoms with E-state index in [2.05, 4.69) is 9.82 Å². The molecule has 1 aromatic rings. The van der Waals surface area contributed by atoms with Crippen molar-refractivity contribution in [3.8, 4) is 0 Å². The van der Waals surface area contributed by atoms with Crippen LogP contribution in [0.3, 0.4) is 0 Å². The molecule has 1 atom stereocenters. The van der Waals surface area contributed by atoms with Crippen molar-refractivity contribution in [1.29, 1.82) is 0 Å². The number of nitrogens with one attached hydrogen (secondary N) is 1. The molecular formula is C10H19N3O2S. The highest BCUT2D eigenvalue weighted by Gasteiger charge is 2.17. The summed E-state index contributed by atoms with van der Waals surface area (Å²) >= 11 is 0. The highest BCUT2D eigenvalue weighted by Crippen LogP contribution is 2.17. The second-order valence-electron chi connectivity index (χ2n) is 3.74.